The van der Waals surface area contributed by atoms with E-state index in [9.17, 15) is 4.79 Å². The molecule has 0 fully saturated rings. The molecule has 2 aromatic heterocycles. The topological polar surface area (TPSA) is 67.4 Å². The van der Waals surface area contributed by atoms with Crippen molar-refractivity contribution in [2.75, 3.05) is 0 Å². The molecule has 0 amide bonds. The summed E-state index contributed by atoms with van der Waals surface area (Å²) in [6.45, 7) is 3.48. The van der Waals surface area contributed by atoms with Gasteiger partial charge in [-0.3, -0.25) is 0 Å². The lowest BCUT2D eigenvalue weighted by Crippen LogP contribution is -2.12. The molecule has 0 bridgehead atoms. The minimum atomic E-state index is -0.618. The summed E-state index contributed by atoms with van der Waals surface area (Å²) in [4.78, 5) is 11.7. The van der Waals surface area contributed by atoms with Gasteiger partial charge < -0.3 is 4.74 Å². The van der Waals surface area contributed by atoms with E-state index in [0.717, 1.165) is 5.52 Å². The van der Waals surface area contributed by atoms with Crippen molar-refractivity contribution >= 4 is 17.6 Å². The molecule has 96 valence electrons. The first-order valence-corrected chi connectivity index (χ1v) is 5.87. The Labute approximate surface area is 110 Å². The lowest BCUT2D eigenvalue weighted by Gasteiger charge is -2.06. The quantitative estimate of drug-likeness (QED) is 0.479. The van der Waals surface area contributed by atoms with Crippen LogP contribution in [0.5, 0.6) is 0 Å². The number of pyridine rings is 1. The fourth-order valence-electron chi connectivity index (χ4n) is 1.64. The molecule has 5 heteroatoms. The Morgan fingerprint density at radius 1 is 1.53 bits per heavy atom. The molecule has 0 aliphatic rings. The largest absolute Gasteiger partial charge is 0.459 e. The molecule has 0 N–H and O–H groups in total. The highest BCUT2D eigenvalue weighted by molar-refractivity contribution is 5.99. The fraction of sp³-hybridized carbons (Fsp3) is 0.214. The number of aromatic nitrogens is 2. The minimum Gasteiger partial charge on any atom is -0.459 e. The fourth-order valence-corrected chi connectivity index (χ4v) is 1.64. The van der Waals surface area contributed by atoms with Gasteiger partial charge in [-0.1, -0.05) is 6.07 Å². The molecule has 19 heavy (non-hydrogen) atoms. The van der Waals surface area contributed by atoms with Gasteiger partial charge in [0, 0.05) is 11.8 Å². The molecule has 2 aromatic rings. The molecule has 0 aromatic carbocycles. The number of nitrogens with zero attached hydrogens (tertiary/aromatic N) is 3. The van der Waals surface area contributed by atoms with Gasteiger partial charge in [-0.25, -0.2) is 9.31 Å². The van der Waals surface area contributed by atoms with Crippen molar-refractivity contribution in [2.24, 2.45) is 0 Å². The maximum Gasteiger partial charge on any atom is 0.349 e. The van der Waals surface area contributed by atoms with Gasteiger partial charge >= 0.3 is 5.97 Å². The molecule has 0 unspecified atom stereocenters. The summed E-state index contributed by atoms with van der Waals surface area (Å²) >= 11 is 0. The summed E-state index contributed by atoms with van der Waals surface area (Å²) in [5.74, 6) is -0.618. The molecule has 0 radical (unpaired) electrons. The highest BCUT2D eigenvalue weighted by atomic mass is 16.5. The molecular formula is C14H13N3O2. The number of fused-ring (bicyclic) bond motifs is 1. The molecule has 2 rings (SSSR count). The summed E-state index contributed by atoms with van der Waals surface area (Å²) in [6, 6.07) is 7.44. The van der Waals surface area contributed by atoms with Gasteiger partial charge in [-0.15, -0.1) is 0 Å². The molecule has 2 heterocycles. The van der Waals surface area contributed by atoms with Gasteiger partial charge in [0.25, 0.3) is 0 Å². The average Bonchev–Trinajstić information content (AvgIpc) is 2.78. The number of carbonyl (C=O) groups is 1. The van der Waals surface area contributed by atoms with E-state index in [1.54, 1.807) is 30.8 Å². The number of hydrogen-bond acceptors (Lipinski definition) is 4. The zero-order valence-electron chi connectivity index (χ0n) is 10.7. The molecule has 5 nitrogen and oxygen atoms in total. The average molecular weight is 255 g/mol. The smallest absolute Gasteiger partial charge is 0.349 e. The van der Waals surface area contributed by atoms with E-state index < -0.39 is 5.97 Å². The molecule has 0 atom stereocenters. The van der Waals surface area contributed by atoms with Crippen LogP contribution in [0, 0.1) is 11.3 Å². The van der Waals surface area contributed by atoms with E-state index in [1.165, 1.54) is 6.08 Å². The summed E-state index contributed by atoms with van der Waals surface area (Å²) in [6.07, 6.45) is 4.64. The van der Waals surface area contributed by atoms with Crippen LogP contribution in [0.1, 0.15) is 19.4 Å². The zero-order valence-corrected chi connectivity index (χ0v) is 10.7. The number of ether oxygens (including phenoxy) is 1. The van der Waals surface area contributed by atoms with Crippen molar-refractivity contribution in [3.8, 4) is 6.07 Å². The number of esters is 1. The third-order valence-electron chi connectivity index (χ3n) is 2.44. The monoisotopic (exact) mass is 255 g/mol. The van der Waals surface area contributed by atoms with Crippen LogP contribution in [0.25, 0.3) is 11.6 Å². The van der Waals surface area contributed by atoms with E-state index in [0.29, 0.717) is 5.56 Å². The van der Waals surface area contributed by atoms with E-state index in [1.807, 2.05) is 24.3 Å². The van der Waals surface area contributed by atoms with E-state index in [-0.39, 0.29) is 11.7 Å². The van der Waals surface area contributed by atoms with Gasteiger partial charge in [0.15, 0.2) is 0 Å². The van der Waals surface area contributed by atoms with Crippen LogP contribution >= 0.6 is 0 Å². The Morgan fingerprint density at radius 2 is 2.32 bits per heavy atom. The van der Waals surface area contributed by atoms with Gasteiger partial charge in [-0.2, -0.15) is 10.4 Å². The van der Waals surface area contributed by atoms with Crippen LogP contribution in [0.4, 0.5) is 0 Å². The minimum absolute atomic E-state index is 0.0348. The molecular weight excluding hydrogens is 242 g/mol. The van der Waals surface area contributed by atoms with Gasteiger partial charge in [0.1, 0.15) is 11.6 Å². The number of nitriles is 1. The second-order valence-electron chi connectivity index (χ2n) is 4.25. The Hall–Kier alpha value is -2.61. The first-order chi connectivity index (χ1) is 9.11. The molecule has 0 saturated carbocycles. The zero-order chi connectivity index (χ0) is 13.8. The molecule has 0 aliphatic carbocycles. The molecule has 0 spiro atoms. The van der Waals surface area contributed by atoms with Crippen molar-refractivity contribution in [3.05, 3.63) is 41.7 Å². The van der Waals surface area contributed by atoms with Crippen LogP contribution in [0.3, 0.4) is 0 Å². The van der Waals surface area contributed by atoms with Crippen molar-refractivity contribution < 1.29 is 9.53 Å². The maximum atomic E-state index is 11.7. The molecule has 0 saturated heterocycles. The second kappa shape index (κ2) is 5.36. The normalized spacial score (nSPS) is 11.6. The van der Waals surface area contributed by atoms with Crippen molar-refractivity contribution in [1.29, 1.82) is 5.26 Å². The van der Waals surface area contributed by atoms with Crippen LogP contribution in [-0.4, -0.2) is 21.7 Å². The second-order valence-corrected chi connectivity index (χ2v) is 4.25. The summed E-state index contributed by atoms with van der Waals surface area (Å²) in [7, 11) is 0. The van der Waals surface area contributed by atoms with E-state index >= 15 is 0 Å². The Morgan fingerprint density at radius 3 is 3.00 bits per heavy atom. The summed E-state index contributed by atoms with van der Waals surface area (Å²) in [5, 5.41) is 13.2. The van der Waals surface area contributed by atoms with Gasteiger partial charge in [-0.05, 0) is 32.1 Å². The Bertz CT molecular complexity index is 677. The third kappa shape index (κ3) is 2.80. The molecule has 0 aliphatic heterocycles. The lowest BCUT2D eigenvalue weighted by molar-refractivity contribution is -0.142. The Kier molecular flexibility index (Phi) is 3.62. The number of carbonyl (C=O) groups excluding carboxylic acids is 1. The van der Waals surface area contributed by atoms with Crippen LogP contribution in [0.2, 0.25) is 0 Å². The predicted molar refractivity (Wildman–Crippen MR) is 70.0 cm³/mol. The van der Waals surface area contributed by atoms with Crippen molar-refractivity contribution in [3.63, 3.8) is 0 Å². The summed E-state index contributed by atoms with van der Waals surface area (Å²) in [5.41, 5.74) is 1.50. The number of rotatable bonds is 3. The predicted octanol–water partition coefficient (Wildman–Crippen LogP) is 2.19. The first kappa shape index (κ1) is 12.8. The number of hydrogen-bond donors (Lipinski definition) is 0. The third-order valence-corrected chi connectivity index (χ3v) is 2.44. The Balaban J connectivity index is 2.38. The first-order valence-electron chi connectivity index (χ1n) is 5.87. The summed E-state index contributed by atoms with van der Waals surface area (Å²) < 4.78 is 6.68. The van der Waals surface area contributed by atoms with Crippen molar-refractivity contribution in [1.82, 2.24) is 9.61 Å². The van der Waals surface area contributed by atoms with Gasteiger partial charge in [0.2, 0.25) is 0 Å². The van der Waals surface area contributed by atoms with E-state index in [2.05, 4.69) is 5.10 Å². The highest BCUT2D eigenvalue weighted by Crippen LogP contribution is 2.14. The van der Waals surface area contributed by atoms with Gasteiger partial charge in [0.05, 0.1) is 17.8 Å². The SMILES string of the molecule is CC(C)OC(=O)/C(C#N)=C/c1cnn2ccccc12. The van der Waals surface area contributed by atoms with Crippen molar-refractivity contribution in [2.45, 2.75) is 20.0 Å². The van der Waals surface area contributed by atoms with E-state index in [4.69, 9.17) is 10.00 Å². The van der Waals surface area contributed by atoms with Crippen LogP contribution < -0.4 is 0 Å². The van der Waals surface area contributed by atoms with Crippen LogP contribution in [0.15, 0.2) is 36.2 Å². The maximum absolute atomic E-state index is 11.7. The highest BCUT2D eigenvalue weighted by Gasteiger charge is 2.13. The standard InChI is InChI=1S/C14H13N3O2/c1-10(2)19-14(18)11(8-15)7-12-9-16-17-6-4-3-5-13(12)17/h3-7,9-10H,1-2H3/b11-7+. The van der Waals surface area contributed by atoms with Crippen LogP contribution in [-0.2, 0) is 9.53 Å². The lowest BCUT2D eigenvalue weighted by atomic mass is 10.2.